The highest BCUT2D eigenvalue weighted by Gasteiger charge is 2.31. The molecule has 1 saturated heterocycles. The summed E-state index contributed by atoms with van der Waals surface area (Å²) < 4.78 is 0. The minimum absolute atomic E-state index is 0.0741. The number of hydrogen-bond donors (Lipinski definition) is 1. The highest BCUT2D eigenvalue weighted by atomic mass is 16.4. The molecule has 0 radical (unpaired) electrons. The SMILES string of the molecule is CN(C(=O)CN1CCCC[C@H]1C(=O)O)C1CCCCC1. The predicted molar refractivity (Wildman–Crippen MR) is 76.5 cm³/mol. The van der Waals surface area contributed by atoms with Gasteiger partial charge in [0.05, 0.1) is 6.54 Å². The van der Waals surface area contributed by atoms with Gasteiger partial charge in [0.25, 0.3) is 0 Å². The van der Waals surface area contributed by atoms with Crippen LogP contribution >= 0.6 is 0 Å². The maximum atomic E-state index is 12.4. The van der Waals surface area contributed by atoms with Crippen molar-refractivity contribution < 1.29 is 14.7 Å². The maximum Gasteiger partial charge on any atom is 0.320 e. The highest BCUT2D eigenvalue weighted by molar-refractivity contribution is 5.80. The second-order valence-electron chi connectivity index (χ2n) is 6.12. The van der Waals surface area contributed by atoms with E-state index in [-0.39, 0.29) is 12.5 Å². The quantitative estimate of drug-likeness (QED) is 0.853. The van der Waals surface area contributed by atoms with Gasteiger partial charge in [-0.2, -0.15) is 0 Å². The van der Waals surface area contributed by atoms with Crippen molar-refractivity contribution in [2.75, 3.05) is 20.1 Å². The molecule has 2 rings (SSSR count). The first kappa shape index (κ1) is 15.3. The molecule has 20 heavy (non-hydrogen) atoms. The molecule has 5 nitrogen and oxygen atoms in total. The van der Waals surface area contributed by atoms with Gasteiger partial charge in [0.1, 0.15) is 6.04 Å². The van der Waals surface area contributed by atoms with Crippen LogP contribution in [0.1, 0.15) is 51.4 Å². The number of rotatable bonds is 4. The fourth-order valence-corrected chi connectivity index (χ4v) is 3.42. The molecule has 0 unspecified atom stereocenters. The van der Waals surface area contributed by atoms with Crippen LogP contribution in [0.2, 0.25) is 0 Å². The number of likely N-dealkylation sites (N-methyl/N-ethyl adjacent to an activating group) is 1. The standard InChI is InChI=1S/C15H26N2O3/c1-16(12-7-3-2-4-8-12)14(18)11-17-10-6-5-9-13(17)15(19)20/h12-13H,2-11H2,1H3,(H,19,20)/t13-/m0/s1. The predicted octanol–water partition coefficient (Wildman–Crippen LogP) is 1.72. The lowest BCUT2D eigenvalue weighted by atomic mass is 9.94. The van der Waals surface area contributed by atoms with E-state index in [0.29, 0.717) is 12.5 Å². The van der Waals surface area contributed by atoms with Crippen LogP contribution in [0.3, 0.4) is 0 Å². The van der Waals surface area contributed by atoms with Crippen molar-refractivity contribution in [1.29, 1.82) is 0 Å². The Morgan fingerprint density at radius 3 is 2.40 bits per heavy atom. The molecule has 1 saturated carbocycles. The Hall–Kier alpha value is -1.10. The van der Waals surface area contributed by atoms with E-state index < -0.39 is 12.0 Å². The van der Waals surface area contributed by atoms with Gasteiger partial charge in [0.2, 0.25) is 5.91 Å². The van der Waals surface area contributed by atoms with Gasteiger partial charge >= 0.3 is 5.97 Å². The largest absolute Gasteiger partial charge is 0.480 e. The van der Waals surface area contributed by atoms with E-state index in [2.05, 4.69) is 0 Å². The van der Waals surface area contributed by atoms with E-state index in [4.69, 9.17) is 0 Å². The van der Waals surface area contributed by atoms with Gasteiger partial charge in [-0.05, 0) is 32.2 Å². The monoisotopic (exact) mass is 282 g/mol. The van der Waals surface area contributed by atoms with E-state index in [1.165, 1.54) is 19.3 Å². The molecule has 1 N–H and O–H groups in total. The third-order valence-corrected chi connectivity index (χ3v) is 4.75. The molecule has 114 valence electrons. The zero-order valence-electron chi connectivity index (χ0n) is 12.4. The van der Waals surface area contributed by atoms with E-state index >= 15 is 0 Å². The van der Waals surface area contributed by atoms with Crippen LogP contribution in [0.25, 0.3) is 0 Å². The van der Waals surface area contributed by atoms with Gasteiger partial charge < -0.3 is 10.0 Å². The van der Waals surface area contributed by atoms with E-state index in [9.17, 15) is 14.7 Å². The number of carboxylic acids is 1. The zero-order valence-corrected chi connectivity index (χ0v) is 12.4. The Labute approximate surface area is 120 Å². The summed E-state index contributed by atoms with van der Waals surface area (Å²) in [6.45, 7) is 0.977. The number of aliphatic carboxylic acids is 1. The Kier molecular flexibility index (Phi) is 5.40. The van der Waals surface area contributed by atoms with Crippen LogP contribution in [0.5, 0.6) is 0 Å². The first-order chi connectivity index (χ1) is 9.59. The molecule has 1 heterocycles. The lowest BCUT2D eigenvalue weighted by Crippen LogP contribution is -2.50. The number of likely N-dealkylation sites (tertiary alicyclic amines) is 1. The van der Waals surface area contributed by atoms with Crippen molar-refractivity contribution >= 4 is 11.9 Å². The molecule has 2 aliphatic rings. The molecule has 0 aromatic carbocycles. The molecular weight excluding hydrogens is 256 g/mol. The van der Waals surface area contributed by atoms with Crippen LogP contribution in [-0.4, -0.2) is 59.0 Å². The first-order valence-corrected chi connectivity index (χ1v) is 7.82. The molecule has 0 aromatic heterocycles. The van der Waals surface area contributed by atoms with Gasteiger partial charge in [0, 0.05) is 13.1 Å². The van der Waals surface area contributed by atoms with Crippen molar-refractivity contribution in [3.63, 3.8) is 0 Å². The van der Waals surface area contributed by atoms with Gasteiger partial charge in [-0.15, -0.1) is 0 Å². The molecule has 1 aliphatic heterocycles. The topological polar surface area (TPSA) is 60.9 Å². The summed E-state index contributed by atoms with van der Waals surface area (Å²) in [6.07, 6.45) is 8.44. The average Bonchev–Trinajstić information content (AvgIpc) is 2.47. The van der Waals surface area contributed by atoms with Crippen molar-refractivity contribution in [3.05, 3.63) is 0 Å². The number of carbonyl (C=O) groups excluding carboxylic acids is 1. The molecule has 1 amide bonds. The minimum Gasteiger partial charge on any atom is -0.480 e. The Bertz CT molecular complexity index is 353. The number of amides is 1. The highest BCUT2D eigenvalue weighted by Crippen LogP contribution is 2.22. The Morgan fingerprint density at radius 2 is 1.75 bits per heavy atom. The van der Waals surface area contributed by atoms with Crippen LogP contribution in [0, 0.1) is 0 Å². The summed E-state index contributed by atoms with van der Waals surface area (Å²) in [5, 5.41) is 9.24. The molecule has 5 heteroatoms. The van der Waals surface area contributed by atoms with E-state index in [1.807, 2.05) is 16.8 Å². The third kappa shape index (κ3) is 3.72. The second kappa shape index (κ2) is 7.07. The summed E-state index contributed by atoms with van der Waals surface area (Å²) in [4.78, 5) is 27.3. The van der Waals surface area contributed by atoms with E-state index in [0.717, 1.165) is 32.2 Å². The second-order valence-corrected chi connectivity index (χ2v) is 6.12. The number of hydrogen-bond acceptors (Lipinski definition) is 3. The van der Waals surface area contributed by atoms with Gasteiger partial charge in [0.15, 0.2) is 0 Å². The number of nitrogens with zero attached hydrogens (tertiary/aromatic N) is 2. The molecule has 2 fully saturated rings. The Morgan fingerprint density at radius 1 is 1.10 bits per heavy atom. The van der Waals surface area contributed by atoms with Crippen molar-refractivity contribution in [3.8, 4) is 0 Å². The zero-order chi connectivity index (χ0) is 14.5. The summed E-state index contributed by atoms with van der Waals surface area (Å²) in [7, 11) is 1.87. The first-order valence-electron chi connectivity index (χ1n) is 7.82. The maximum absolute atomic E-state index is 12.4. The number of piperidine rings is 1. The third-order valence-electron chi connectivity index (χ3n) is 4.75. The smallest absolute Gasteiger partial charge is 0.320 e. The van der Waals surface area contributed by atoms with Crippen LogP contribution in [-0.2, 0) is 9.59 Å². The summed E-state index contributed by atoms with van der Waals surface area (Å²) in [5.41, 5.74) is 0. The van der Waals surface area contributed by atoms with Crippen LogP contribution < -0.4 is 0 Å². The molecule has 0 bridgehead atoms. The summed E-state index contributed by atoms with van der Waals surface area (Å²) in [5.74, 6) is -0.720. The van der Waals surface area contributed by atoms with Crippen LogP contribution in [0.15, 0.2) is 0 Å². The number of carbonyl (C=O) groups is 2. The van der Waals surface area contributed by atoms with Gasteiger partial charge in [-0.1, -0.05) is 25.7 Å². The molecule has 0 spiro atoms. The molecule has 1 aliphatic carbocycles. The molecular formula is C15H26N2O3. The fraction of sp³-hybridized carbons (Fsp3) is 0.867. The van der Waals surface area contributed by atoms with Crippen molar-refractivity contribution in [1.82, 2.24) is 9.80 Å². The van der Waals surface area contributed by atoms with Gasteiger partial charge in [-0.25, -0.2) is 0 Å². The van der Waals surface area contributed by atoms with Crippen LogP contribution in [0.4, 0.5) is 0 Å². The summed E-state index contributed by atoms with van der Waals surface area (Å²) in [6, 6.07) is -0.128. The van der Waals surface area contributed by atoms with Crippen molar-refractivity contribution in [2.24, 2.45) is 0 Å². The average molecular weight is 282 g/mol. The lowest BCUT2D eigenvalue weighted by Gasteiger charge is -2.36. The summed E-state index contributed by atoms with van der Waals surface area (Å²) >= 11 is 0. The minimum atomic E-state index is -0.794. The Balaban J connectivity index is 1.89. The van der Waals surface area contributed by atoms with E-state index in [1.54, 1.807) is 0 Å². The molecule has 1 atom stereocenters. The van der Waals surface area contributed by atoms with Crippen molar-refractivity contribution in [2.45, 2.75) is 63.5 Å². The number of carboxylic acid groups (broad SMARTS) is 1. The lowest BCUT2D eigenvalue weighted by molar-refractivity contribution is -0.146. The molecule has 0 aromatic rings. The van der Waals surface area contributed by atoms with Gasteiger partial charge in [-0.3, -0.25) is 14.5 Å². The fourth-order valence-electron chi connectivity index (χ4n) is 3.42. The normalized spacial score (nSPS) is 25.4.